The summed E-state index contributed by atoms with van der Waals surface area (Å²) in [6.45, 7) is 1.42. The fourth-order valence-electron chi connectivity index (χ4n) is 3.24. The number of benzene rings is 1. The molecule has 0 saturated carbocycles. The van der Waals surface area contributed by atoms with Gasteiger partial charge in [-0.05, 0) is 18.2 Å². The van der Waals surface area contributed by atoms with Crippen LogP contribution in [0.25, 0.3) is 11.3 Å². The lowest BCUT2D eigenvalue weighted by Crippen LogP contribution is -2.42. The number of aromatic nitrogens is 3. The molecule has 27 heavy (non-hydrogen) atoms. The molecule has 4 rings (SSSR count). The maximum atomic E-state index is 14.2. The van der Waals surface area contributed by atoms with E-state index in [2.05, 4.69) is 9.97 Å². The summed E-state index contributed by atoms with van der Waals surface area (Å²) in [7, 11) is 1.69. The average Bonchev–Trinajstić information content (AvgIpc) is 2.71. The number of morpholine rings is 1. The van der Waals surface area contributed by atoms with Crippen molar-refractivity contribution in [2.75, 3.05) is 24.6 Å². The highest BCUT2D eigenvalue weighted by Crippen LogP contribution is 2.27. The van der Waals surface area contributed by atoms with E-state index in [1.54, 1.807) is 37.6 Å². The Bertz CT molecular complexity index is 1010. The fourth-order valence-corrected chi connectivity index (χ4v) is 3.24. The highest BCUT2D eigenvalue weighted by atomic mass is 19.1. The number of rotatable bonds is 3. The fraction of sp³-hybridized carbons (Fsp3) is 0.250. The maximum Gasteiger partial charge on any atom is 0.255 e. The predicted octanol–water partition coefficient (Wildman–Crippen LogP) is 2.56. The first-order valence-corrected chi connectivity index (χ1v) is 8.73. The quantitative estimate of drug-likeness (QED) is 0.713. The largest absolute Gasteiger partial charge is 0.370 e. The summed E-state index contributed by atoms with van der Waals surface area (Å²) in [5, 5.41) is 0. The van der Waals surface area contributed by atoms with Crippen molar-refractivity contribution >= 4 is 5.95 Å². The van der Waals surface area contributed by atoms with Crippen LogP contribution >= 0.6 is 0 Å². The molecule has 3 heterocycles. The molecule has 6 nitrogen and oxygen atoms in total. The van der Waals surface area contributed by atoms with Crippen LogP contribution in [-0.4, -0.2) is 34.2 Å². The molecule has 1 aliphatic heterocycles. The second kappa shape index (κ2) is 7.28. The normalized spacial score (nSPS) is 17.1. The molecule has 1 fully saturated rings. The molecular formula is C20H19FN4O2. The second-order valence-electron chi connectivity index (χ2n) is 6.40. The van der Waals surface area contributed by atoms with E-state index in [-0.39, 0.29) is 11.4 Å². The van der Waals surface area contributed by atoms with Crippen LogP contribution in [0.4, 0.5) is 10.3 Å². The Morgan fingerprint density at radius 3 is 2.74 bits per heavy atom. The van der Waals surface area contributed by atoms with Gasteiger partial charge in [-0.15, -0.1) is 0 Å². The minimum atomic E-state index is -0.415. The van der Waals surface area contributed by atoms with Crippen LogP contribution in [0.5, 0.6) is 0 Å². The Morgan fingerprint density at radius 2 is 1.96 bits per heavy atom. The maximum absolute atomic E-state index is 14.2. The molecule has 3 aromatic rings. The minimum Gasteiger partial charge on any atom is -0.370 e. The first kappa shape index (κ1) is 17.4. The lowest BCUT2D eigenvalue weighted by Gasteiger charge is -2.34. The summed E-state index contributed by atoms with van der Waals surface area (Å²) in [5.74, 6) is 0.246. The topological polar surface area (TPSA) is 60.2 Å². The summed E-state index contributed by atoms with van der Waals surface area (Å²) in [4.78, 5) is 23.1. The number of ether oxygens (including phenoxy) is 1. The van der Waals surface area contributed by atoms with E-state index in [0.29, 0.717) is 36.9 Å². The zero-order valence-corrected chi connectivity index (χ0v) is 14.9. The van der Waals surface area contributed by atoms with Crippen LogP contribution in [0, 0.1) is 5.82 Å². The molecule has 138 valence electrons. The van der Waals surface area contributed by atoms with Crippen molar-refractivity contribution in [2.24, 2.45) is 7.05 Å². The van der Waals surface area contributed by atoms with Crippen LogP contribution in [-0.2, 0) is 11.8 Å². The van der Waals surface area contributed by atoms with Crippen LogP contribution in [0.15, 0.2) is 59.7 Å². The summed E-state index contributed by atoms with van der Waals surface area (Å²) in [6, 6.07) is 11.7. The monoisotopic (exact) mass is 366 g/mol. The molecule has 7 heteroatoms. The van der Waals surface area contributed by atoms with Crippen molar-refractivity contribution in [1.82, 2.24) is 14.5 Å². The van der Waals surface area contributed by atoms with E-state index in [1.165, 1.54) is 16.7 Å². The Hall–Kier alpha value is -3.06. The Kier molecular flexibility index (Phi) is 4.68. The molecule has 0 amide bonds. The Balaban J connectivity index is 1.69. The van der Waals surface area contributed by atoms with Crippen LogP contribution in [0.3, 0.4) is 0 Å². The van der Waals surface area contributed by atoms with E-state index in [4.69, 9.17) is 4.74 Å². The third kappa shape index (κ3) is 3.46. The van der Waals surface area contributed by atoms with Gasteiger partial charge in [0.05, 0.1) is 18.8 Å². The zero-order chi connectivity index (χ0) is 18.8. The highest BCUT2D eigenvalue weighted by molar-refractivity contribution is 5.59. The van der Waals surface area contributed by atoms with Gasteiger partial charge in [0.25, 0.3) is 5.56 Å². The van der Waals surface area contributed by atoms with E-state index < -0.39 is 6.10 Å². The molecule has 0 bridgehead atoms. The molecule has 0 unspecified atom stereocenters. The van der Waals surface area contributed by atoms with Gasteiger partial charge >= 0.3 is 0 Å². The molecule has 1 saturated heterocycles. The number of pyridine rings is 1. The van der Waals surface area contributed by atoms with Gasteiger partial charge in [0.15, 0.2) is 0 Å². The van der Waals surface area contributed by atoms with Crippen LogP contribution in [0.2, 0.25) is 0 Å². The van der Waals surface area contributed by atoms with Gasteiger partial charge in [-0.3, -0.25) is 14.3 Å². The number of halogens is 1. The number of hydrogen-bond donors (Lipinski definition) is 0. The number of hydrogen-bond acceptors (Lipinski definition) is 5. The van der Waals surface area contributed by atoms with E-state index in [1.807, 2.05) is 17.0 Å². The summed E-state index contributed by atoms with van der Waals surface area (Å²) in [5.41, 5.74) is 1.77. The van der Waals surface area contributed by atoms with Gasteiger partial charge in [-0.2, -0.15) is 0 Å². The summed E-state index contributed by atoms with van der Waals surface area (Å²) < 4.78 is 21.4. The predicted molar refractivity (Wildman–Crippen MR) is 100 cm³/mol. The Labute approximate surface area is 155 Å². The summed E-state index contributed by atoms with van der Waals surface area (Å²) >= 11 is 0. The van der Waals surface area contributed by atoms with Crippen molar-refractivity contribution in [3.05, 3.63) is 76.6 Å². The third-order valence-electron chi connectivity index (χ3n) is 4.69. The van der Waals surface area contributed by atoms with Crippen molar-refractivity contribution in [3.63, 3.8) is 0 Å². The first-order valence-electron chi connectivity index (χ1n) is 8.73. The van der Waals surface area contributed by atoms with Gasteiger partial charge in [-0.25, -0.2) is 9.37 Å². The minimum absolute atomic E-state index is 0.152. The van der Waals surface area contributed by atoms with Gasteiger partial charge in [-0.1, -0.05) is 18.2 Å². The zero-order valence-electron chi connectivity index (χ0n) is 14.9. The molecule has 0 N–H and O–H groups in total. The number of nitrogens with zero attached hydrogens (tertiary/aromatic N) is 4. The van der Waals surface area contributed by atoms with Crippen molar-refractivity contribution in [1.29, 1.82) is 0 Å². The summed E-state index contributed by atoms with van der Waals surface area (Å²) in [6.07, 6.45) is 2.91. The van der Waals surface area contributed by atoms with E-state index in [0.717, 1.165) is 5.56 Å². The smallest absolute Gasteiger partial charge is 0.255 e. The van der Waals surface area contributed by atoms with Gasteiger partial charge < -0.3 is 9.64 Å². The highest BCUT2D eigenvalue weighted by Gasteiger charge is 2.26. The SMILES string of the molecule is Cn1c(N2CCO[C@H](c3ccccc3F)C2)nc(-c2ccncc2)cc1=O. The van der Waals surface area contributed by atoms with Crippen molar-refractivity contribution in [2.45, 2.75) is 6.10 Å². The lowest BCUT2D eigenvalue weighted by molar-refractivity contribution is 0.0367. The van der Waals surface area contributed by atoms with E-state index >= 15 is 0 Å². The second-order valence-corrected chi connectivity index (χ2v) is 6.40. The first-order chi connectivity index (χ1) is 13.1. The molecule has 1 atom stereocenters. The van der Waals surface area contributed by atoms with Crippen molar-refractivity contribution < 1.29 is 9.13 Å². The van der Waals surface area contributed by atoms with Crippen LogP contribution < -0.4 is 10.5 Å². The third-order valence-corrected chi connectivity index (χ3v) is 4.69. The molecule has 0 spiro atoms. The molecule has 1 aliphatic rings. The van der Waals surface area contributed by atoms with Crippen molar-refractivity contribution in [3.8, 4) is 11.3 Å². The molecule has 0 radical (unpaired) electrons. The van der Waals surface area contributed by atoms with Gasteiger partial charge in [0.1, 0.15) is 11.9 Å². The number of anilines is 1. The molecule has 0 aliphatic carbocycles. The molecular weight excluding hydrogens is 347 g/mol. The lowest BCUT2D eigenvalue weighted by atomic mass is 10.1. The standard InChI is InChI=1S/C20H19FN4O2/c1-24-19(26)12-17(14-6-8-22-9-7-14)23-20(24)25-10-11-27-18(13-25)15-4-2-3-5-16(15)21/h2-9,12,18H,10-11,13H2,1H3/t18-/m0/s1. The Morgan fingerprint density at radius 1 is 1.19 bits per heavy atom. The molecule has 1 aromatic carbocycles. The van der Waals surface area contributed by atoms with E-state index in [9.17, 15) is 9.18 Å². The molecule has 2 aromatic heterocycles. The van der Waals surface area contributed by atoms with Gasteiger partial charge in [0.2, 0.25) is 5.95 Å². The van der Waals surface area contributed by atoms with Crippen LogP contribution in [0.1, 0.15) is 11.7 Å². The average molecular weight is 366 g/mol. The van der Waals surface area contributed by atoms with Gasteiger partial charge in [0, 0.05) is 43.2 Å².